The molecule has 0 saturated heterocycles. The predicted molar refractivity (Wildman–Crippen MR) is 124 cm³/mol. The minimum Gasteiger partial charge on any atom is -0.457 e. The van der Waals surface area contributed by atoms with Crippen molar-refractivity contribution in [2.24, 2.45) is 0 Å². The third kappa shape index (κ3) is 5.68. The van der Waals surface area contributed by atoms with Crippen molar-refractivity contribution >= 4 is 17.4 Å². The number of amides is 1. The average molecular weight is 440 g/mol. The molecule has 6 heteroatoms. The summed E-state index contributed by atoms with van der Waals surface area (Å²) in [6.07, 6.45) is 1.63. The van der Waals surface area contributed by atoms with Gasteiger partial charge < -0.3 is 10.1 Å². The molecule has 0 fully saturated rings. The Morgan fingerprint density at radius 1 is 0.879 bits per heavy atom. The van der Waals surface area contributed by atoms with Crippen molar-refractivity contribution in [3.8, 4) is 11.5 Å². The number of rotatable bonds is 7. The van der Waals surface area contributed by atoms with Crippen LogP contribution in [0.5, 0.6) is 11.5 Å². The summed E-state index contributed by atoms with van der Waals surface area (Å²) in [6.45, 7) is 1.90. The minimum atomic E-state index is -0.333. The number of Topliss-reactive ketones (excluding diaryl/α,β-unsaturated/α-hetero) is 1. The molecule has 33 heavy (non-hydrogen) atoms. The van der Waals surface area contributed by atoms with Gasteiger partial charge in [0.1, 0.15) is 17.3 Å². The molecule has 0 atom stereocenters. The van der Waals surface area contributed by atoms with Gasteiger partial charge in [-0.05, 0) is 73.2 Å². The van der Waals surface area contributed by atoms with Gasteiger partial charge in [0.2, 0.25) is 0 Å². The zero-order valence-corrected chi connectivity index (χ0v) is 17.9. The van der Waals surface area contributed by atoms with E-state index in [1.807, 2.05) is 25.1 Å². The summed E-state index contributed by atoms with van der Waals surface area (Å²) in [5, 5.41) is 2.80. The Balaban J connectivity index is 1.35. The molecule has 164 valence electrons. The van der Waals surface area contributed by atoms with Crippen LogP contribution in [0.4, 0.5) is 10.1 Å². The van der Waals surface area contributed by atoms with E-state index in [-0.39, 0.29) is 23.9 Å². The van der Waals surface area contributed by atoms with Crippen LogP contribution in [0, 0.1) is 12.7 Å². The van der Waals surface area contributed by atoms with Crippen molar-refractivity contribution in [1.82, 2.24) is 4.98 Å². The zero-order chi connectivity index (χ0) is 23.2. The number of aromatic nitrogens is 1. The summed E-state index contributed by atoms with van der Waals surface area (Å²) < 4.78 is 18.6. The van der Waals surface area contributed by atoms with Gasteiger partial charge in [0.15, 0.2) is 5.78 Å². The lowest BCUT2D eigenvalue weighted by Gasteiger charge is -2.09. The van der Waals surface area contributed by atoms with Crippen molar-refractivity contribution in [2.75, 3.05) is 5.32 Å². The minimum absolute atomic E-state index is 0.0132. The number of pyridine rings is 1. The first kappa shape index (κ1) is 21.9. The maximum Gasteiger partial charge on any atom is 0.257 e. The van der Waals surface area contributed by atoms with Crippen molar-refractivity contribution in [3.63, 3.8) is 0 Å². The van der Waals surface area contributed by atoms with Crippen molar-refractivity contribution < 1.29 is 18.7 Å². The molecule has 4 rings (SSSR count). The Labute approximate surface area is 190 Å². The SMILES string of the molecule is Cc1ccccc1C(=O)Cc1ccc(C(=O)Nc2ccc(Oc3ccc(F)cc3)cc2)cn1. The lowest BCUT2D eigenvalue weighted by Crippen LogP contribution is -2.13. The first-order valence-corrected chi connectivity index (χ1v) is 10.4. The first-order valence-electron chi connectivity index (χ1n) is 10.4. The van der Waals surface area contributed by atoms with Gasteiger partial charge in [0.05, 0.1) is 12.0 Å². The Morgan fingerprint density at radius 2 is 1.55 bits per heavy atom. The summed E-state index contributed by atoms with van der Waals surface area (Å²) in [5.74, 6) is 0.414. The second-order valence-electron chi connectivity index (χ2n) is 7.49. The maximum atomic E-state index is 13.0. The Hall–Kier alpha value is -4.32. The molecule has 0 spiro atoms. The van der Waals surface area contributed by atoms with Gasteiger partial charge in [-0.2, -0.15) is 0 Å². The molecule has 1 heterocycles. The summed E-state index contributed by atoms with van der Waals surface area (Å²) >= 11 is 0. The molecule has 4 aromatic rings. The van der Waals surface area contributed by atoms with E-state index >= 15 is 0 Å². The van der Waals surface area contributed by atoms with Gasteiger partial charge in [0.25, 0.3) is 5.91 Å². The summed E-state index contributed by atoms with van der Waals surface area (Å²) in [7, 11) is 0. The van der Waals surface area contributed by atoms with E-state index in [0.29, 0.717) is 34.0 Å². The fourth-order valence-electron chi connectivity index (χ4n) is 3.26. The summed E-state index contributed by atoms with van der Waals surface area (Å²) in [5.41, 5.74) is 3.17. The van der Waals surface area contributed by atoms with Crippen molar-refractivity contribution in [1.29, 1.82) is 0 Å². The first-order chi connectivity index (χ1) is 16.0. The van der Waals surface area contributed by atoms with Gasteiger partial charge >= 0.3 is 0 Å². The molecule has 3 aromatic carbocycles. The number of hydrogen-bond donors (Lipinski definition) is 1. The molecular weight excluding hydrogens is 419 g/mol. The number of hydrogen-bond acceptors (Lipinski definition) is 4. The summed E-state index contributed by atoms with van der Waals surface area (Å²) in [6, 6.07) is 23.3. The third-order valence-corrected chi connectivity index (χ3v) is 5.04. The summed E-state index contributed by atoms with van der Waals surface area (Å²) in [4.78, 5) is 29.3. The van der Waals surface area contributed by atoms with E-state index in [4.69, 9.17) is 4.74 Å². The molecular formula is C27H21FN2O3. The highest BCUT2D eigenvalue weighted by molar-refractivity contribution is 6.04. The highest BCUT2D eigenvalue weighted by atomic mass is 19.1. The van der Waals surface area contributed by atoms with Crippen LogP contribution in [0.2, 0.25) is 0 Å². The number of nitrogens with one attached hydrogen (secondary N) is 1. The number of nitrogens with zero attached hydrogens (tertiary/aromatic N) is 1. The number of carbonyl (C=O) groups excluding carboxylic acids is 2. The predicted octanol–water partition coefficient (Wildman–Crippen LogP) is 6.00. The molecule has 0 aliphatic carbocycles. The molecule has 0 unspecified atom stereocenters. The van der Waals surface area contributed by atoms with Gasteiger partial charge in [-0.25, -0.2) is 4.39 Å². The number of ether oxygens (including phenoxy) is 1. The smallest absolute Gasteiger partial charge is 0.257 e. The van der Waals surface area contributed by atoms with Crippen LogP contribution in [-0.4, -0.2) is 16.7 Å². The normalized spacial score (nSPS) is 10.5. The number of aryl methyl sites for hydroxylation is 1. The van der Waals surface area contributed by atoms with Crippen LogP contribution in [0.1, 0.15) is 32.0 Å². The monoisotopic (exact) mass is 440 g/mol. The number of benzene rings is 3. The quantitative estimate of drug-likeness (QED) is 0.358. The molecule has 5 nitrogen and oxygen atoms in total. The second kappa shape index (κ2) is 9.87. The molecule has 1 aromatic heterocycles. The molecule has 0 bridgehead atoms. The van der Waals surface area contributed by atoms with Crippen LogP contribution in [0.15, 0.2) is 91.1 Å². The fourth-order valence-corrected chi connectivity index (χ4v) is 3.26. The van der Waals surface area contributed by atoms with Gasteiger partial charge in [-0.3, -0.25) is 14.6 Å². The van der Waals surface area contributed by atoms with Crippen molar-refractivity contribution in [3.05, 3.63) is 119 Å². The Bertz CT molecular complexity index is 1270. The average Bonchev–Trinajstić information content (AvgIpc) is 2.82. The zero-order valence-electron chi connectivity index (χ0n) is 17.9. The van der Waals surface area contributed by atoms with Crippen LogP contribution in [-0.2, 0) is 6.42 Å². The number of halogens is 1. The van der Waals surface area contributed by atoms with E-state index in [9.17, 15) is 14.0 Å². The van der Waals surface area contributed by atoms with E-state index in [2.05, 4.69) is 10.3 Å². The standard InChI is InChI=1S/C27H21FN2O3/c1-18-4-2-3-5-25(18)26(31)16-22-9-6-19(17-29-22)27(32)30-21-10-14-24(15-11-21)33-23-12-7-20(28)8-13-23/h2-15,17H,16H2,1H3,(H,30,32). The topological polar surface area (TPSA) is 68.3 Å². The van der Waals surface area contributed by atoms with Gasteiger partial charge in [-0.1, -0.05) is 24.3 Å². The number of ketones is 1. The molecule has 1 amide bonds. The number of anilines is 1. The van der Waals surface area contributed by atoms with Crippen LogP contribution in [0.25, 0.3) is 0 Å². The van der Waals surface area contributed by atoms with Crippen LogP contribution in [0.3, 0.4) is 0 Å². The van der Waals surface area contributed by atoms with Gasteiger partial charge in [0, 0.05) is 23.1 Å². The highest BCUT2D eigenvalue weighted by Gasteiger charge is 2.12. The second-order valence-corrected chi connectivity index (χ2v) is 7.49. The van der Waals surface area contributed by atoms with Crippen LogP contribution >= 0.6 is 0 Å². The maximum absolute atomic E-state index is 13.0. The lowest BCUT2D eigenvalue weighted by atomic mass is 10.0. The van der Waals surface area contributed by atoms with E-state index in [0.717, 1.165) is 5.56 Å². The van der Waals surface area contributed by atoms with E-state index in [1.54, 1.807) is 42.5 Å². The Morgan fingerprint density at radius 3 is 2.18 bits per heavy atom. The molecule has 0 saturated carbocycles. The Kier molecular flexibility index (Phi) is 6.55. The number of carbonyl (C=O) groups is 2. The van der Waals surface area contributed by atoms with E-state index < -0.39 is 0 Å². The van der Waals surface area contributed by atoms with E-state index in [1.165, 1.54) is 30.5 Å². The molecule has 1 N–H and O–H groups in total. The largest absolute Gasteiger partial charge is 0.457 e. The molecule has 0 aliphatic rings. The third-order valence-electron chi connectivity index (χ3n) is 5.04. The molecule has 0 radical (unpaired) electrons. The van der Waals surface area contributed by atoms with Crippen molar-refractivity contribution in [2.45, 2.75) is 13.3 Å². The molecule has 0 aliphatic heterocycles. The van der Waals surface area contributed by atoms with Crippen LogP contribution < -0.4 is 10.1 Å². The fraction of sp³-hybridized carbons (Fsp3) is 0.0741. The van der Waals surface area contributed by atoms with Gasteiger partial charge in [-0.15, -0.1) is 0 Å². The highest BCUT2D eigenvalue weighted by Crippen LogP contribution is 2.23. The lowest BCUT2D eigenvalue weighted by molar-refractivity contribution is 0.0990.